The van der Waals surface area contributed by atoms with Gasteiger partial charge in [0.1, 0.15) is 0 Å². The summed E-state index contributed by atoms with van der Waals surface area (Å²) < 4.78 is 0. The highest BCUT2D eigenvalue weighted by atomic mass is 14.1. The first kappa shape index (κ1) is 17.0. The molecule has 0 aliphatic carbocycles. The molecule has 0 heterocycles. The summed E-state index contributed by atoms with van der Waals surface area (Å²) in [5, 5.41) is 0. The largest absolute Gasteiger partial charge is 0.103 e. The topological polar surface area (TPSA) is 0 Å². The molecule has 1 atom stereocenters. The highest BCUT2D eigenvalue weighted by molar-refractivity contribution is 5.14. The molecule has 0 N–H and O–H groups in total. The maximum absolute atomic E-state index is 3.75. The molecule has 1 unspecified atom stereocenters. The third-order valence-corrected chi connectivity index (χ3v) is 3.50. The zero-order valence-corrected chi connectivity index (χ0v) is 12.9. The van der Waals surface area contributed by atoms with Gasteiger partial charge in [0.05, 0.1) is 0 Å². The fourth-order valence-corrected chi connectivity index (χ4v) is 1.79. The number of hydrogen-bond donors (Lipinski definition) is 0. The van der Waals surface area contributed by atoms with Crippen molar-refractivity contribution in [1.29, 1.82) is 0 Å². The zero-order valence-electron chi connectivity index (χ0n) is 12.9. The smallest absolute Gasteiger partial charge is 0.00519 e. The van der Waals surface area contributed by atoms with Gasteiger partial charge < -0.3 is 0 Å². The van der Waals surface area contributed by atoms with Crippen LogP contribution in [0.15, 0.2) is 47.6 Å². The minimum atomic E-state index is 0.556. The van der Waals surface area contributed by atoms with Crippen molar-refractivity contribution in [2.45, 2.75) is 60.3 Å². The van der Waals surface area contributed by atoms with Gasteiger partial charge in [-0.05, 0) is 59.3 Å². The van der Waals surface area contributed by atoms with Crippen molar-refractivity contribution in [1.82, 2.24) is 0 Å². The fraction of sp³-hybridized carbons (Fsp3) is 0.556. The van der Waals surface area contributed by atoms with Gasteiger partial charge >= 0.3 is 0 Å². The molecule has 0 nitrogen and oxygen atoms in total. The van der Waals surface area contributed by atoms with Crippen molar-refractivity contribution in [2.75, 3.05) is 0 Å². The molecular weight excluding hydrogens is 216 g/mol. The molecule has 0 rings (SSSR count). The van der Waals surface area contributed by atoms with Crippen molar-refractivity contribution in [3.8, 4) is 0 Å². The summed E-state index contributed by atoms with van der Waals surface area (Å²) in [6.45, 7) is 14.8. The van der Waals surface area contributed by atoms with Crippen molar-refractivity contribution in [2.24, 2.45) is 5.92 Å². The Morgan fingerprint density at radius 1 is 1.06 bits per heavy atom. The molecule has 0 saturated heterocycles. The Balaban J connectivity index is 4.28. The van der Waals surface area contributed by atoms with E-state index >= 15 is 0 Å². The lowest BCUT2D eigenvalue weighted by Crippen LogP contribution is -1.94. The molecule has 0 aromatic carbocycles. The lowest BCUT2D eigenvalue weighted by atomic mass is 9.96. The summed E-state index contributed by atoms with van der Waals surface area (Å²) in [4.78, 5) is 0. The summed E-state index contributed by atoms with van der Waals surface area (Å²) in [5.41, 5.74) is 4.45. The number of allylic oxidation sites excluding steroid dienone is 7. The van der Waals surface area contributed by atoms with E-state index in [-0.39, 0.29) is 0 Å². The molecule has 0 amide bonds. The van der Waals surface area contributed by atoms with Crippen LogP contribution in [-0.4, -0.2) is 0 Å². The molecule has 0 heteroatoms. The second-order valence-electron chi connectivity index (χ2n) is 5.25. The van der Waals surface area contributed by atoms with Crippen LogP contribution in [0.3, 0.4) is 0 Å². The Hall–Kier alpha value is -1.04. The summed E-state index contributed by atoms with van der Waals surface area (Å²) >= 11 is 0. The van der Waals surface area contributed by atoms with E-state index in [1.165, 1.54) is 29.6 Å². The first-order chi connectivity index (χ1) is 8.51. The summed E-state index contributed by atoms with van der Waals surface area (Å²) in [6, 6.07) is 0. The second kappa shape index (κ2) is 9.94. The van der Waals surface area contributed by atoms with Gasteiger partial charge in [0.15, 0.2) is 0 Å². The molecule has 0 aromatic rings. The van der Waals surface area contributed by atoms with E-state index in [0.717, 1.165) is 12.8 Å². The predicted molar refractivity (Wildman–Crippen MR) is 84.8 cm³/mol. The van der Waals surface area contributed by atoms with Crippen molar-refractivity contribution < 1.29 is 0 Å². The van der Waals surface area contributed by atoms with Crippen LogP contribution >= 0.6 is 0 Å². The van der Waals surface area contributed by atoms with Crippen LogP contribution in [0, 0.1) is 5.92 Å². The van der Waals surface area contributed by atoms with Crippen LogP contribution in [0.25, 0.3) is 0 Å². The van der Waals surface area contributed by atoms with Crippen LogP contribution in [0.5, 0.6) is 0 Å². The second-order valence-corrected chi connectivity index (χ2v) is 5.25. The standard InChI is InChI=1S/C18H30/c1-7-9-10-11-17(5)18(6)14-16(4)13-12-15(3)8-2/h7-8,11,14,18H,1,9-10,12-13H2,2-6H3/b15-8+,16-14?,17-11+. The van der Waals surface area contributed by atoms with E-state index in [4.69, 9.17) is 0 Å². The van der Waals surface area contributed by atoms with Gasteiger partial charge in [0.25, 0.3) is 0 Å². The van der Waals surface area contributed by atoms with Gasteiger partial charge in [0, 0.05) is 0 Å². The zero-order chi connectivity index (χ0) is 14.0. The Morgan fingerprint density at radius 3 is 2.22 bits per heavy atom. The molecule has 0 aliphatic heterocycles. The Labute approximate surface area is 114 Å². The number of hydrogen-bond acceptors (Lipinski definition) is 0. The average Bonchev–Trinajstić information content (AvgIpc) is 2.35. The highest BCUT2D eigenvalue weighted by Gasteiger charge is 2.01. The highest BCUT2D eigenvalue weighted by Crippen LogP contribution is 2.18. The normalized spacial score (nSPS) is 15.7. The van der Waals surface area contributed by atoms with Gasteiger partial charge in [-0.25, -0.2) is 0 Å². The lowest BCUT2D eigenvalue weighted by molar-refractivity contribution is 0.816. The van der Waals surface area contributed by atoms with Crippen LogP contribution in [-0.2, 0) is 0 Å². The third kappa shape index (κ3) is 8.11. The predicted octanol–water partition coefficient (Wildman–Crippen LogP) is 6.23. The van der Waals surface area contributed by atoms with E-state index in [1.807, 2.05) is 6.08 Å². The first-order valence-corrected chi connectivity index (χ1v) is 7.07. The van der Waals surface area contributed by atoms with Gasteiger partial charge in [-0.2, -0.15) is 0 Å². The Bertz CT molecular complexity index is 326. The summed E-state index contributed by atoms with van der Waals surface area (Å²) in [6.07, 6.45) is 13.5. The maximum atomic E-state index is 3.75. The van der Waals surface area contributed by atoms with E-state index < -0.39 is 0 Å². The molecule has 102 valence electrons. The minimum absolute atomic E-state index is 0.556. The average molecular weight is 246 g/mol. The molecular formula is C18H30. The van der Waals surface area contributed by atoms with Crippen molar-refractivity contribution in [3.63, 3.8) is 0 Å². The Morgan fingerprint density at radius 2 is 1.67 bits per heavy atom. The van der Waals surface area contributed by atoms with Gasteiger partial charge in [0.2, 0.25) is 0 Å². The molecule has 0 bridgehead atoms. The van der Waals surface area contributed by atoms with Crippen LogP contribution < -0.4 is 0 Å². The van der Waals surface area contributed by atoms with Gasteiger partial charge in [-0.15, -0.1) is 6.58 Å². The molecule has 0 radical (unpaired) electrons. The molecule has 0 fully saturated rings. The Kier molecular flexibility index (Phi) is 9.36. The molecule has 0 aliphatic rings. The summed E-state index contributed by atoms with van der Waals surface area (Å²) in [7, 11) is 0. The van der Waals surface area contributed by atoms with Crippen LogP contribution in [0.2, 0.25) is 0 Å². The molecule has 18 heavy (non-hydrogen) atoms. The van der Waals surface area contributed by atoms with E-state index in [0.29, 0.717) is 5.92 Å². The van der Waals surface area contributed by atoms with Gasteiger partial charge in [-0.1, -0.05) is 47.9 Å². The molecule has 0 aromatic heterocycles. The quantitative estimate of drug-likeness (QED) is 0.352. The van der Waals surface area contributed by atoms with Gasteiger partial charge in [-0.3, -0.25) is 0 Å². The van der Waals surface area contributed by atoms with E-state index in [9.17, 15) is 0 Å². The molecule has 0 spiro atoms. The monoisotopic (exact) mass is 246 g/mol. The maximum Gasteiger partial charge on any atom is -0.00519 e. The van der Waals surface area contributed by atoms with Crippen LogP contribution in [0.1, 0.15) is 60.3 Å². The molecule has 0 saturated carbocycles. The van der Waals surface area contributed by atoms with E-state index in [1.54, 1.807) is 0 Å². The first-order valence-electron chi connectivity index (χ1n) is 7.07. The number of unbranched alkanes of at least 4 members (excludes halogenated alkanes) is 1. The van der Waals surface area contributed by atoms with Crippen molar-refractivity contribution >= 4 is 0 Å². The van der Waals surface area contributed by atoms with Crippen molar-refractivity contribution in [3.05, 3.63) is 47.6 Å². The summed E-state index contributed by atoms with van der Waals surface area (Å²) in [5.74, 6) is 0.556. The fourth-order valence-electron chi connectivity index (χ4n) is 1.79. The van der Waals surface area contributed by atoms with Crippen LogP contribution in [0.4, 0.5) is 0 Å². The SMILES string of the molecule is C=CCC/C=C(\C)C(C)C=C(C)CC/C(C)=C/C. The number of rotatable bonds is 8. The lowest BCUT2D eigenvalue weighted by Gasteiger charge is -2.10. The minimum Gasteiger partial charge on any atom is -0.103 e. The third-order valence-electron chi connectivity index (χ3n) is 3.50. The van der Waals surface area contributed by atoms with E-state index in [2.05, 4.69) is 59.4 Å².